The van der Waals surface area contributed by atoms with Crippen molar-refractivity contribution in [2.24, 2.45) is 0 Å². The number of ether oxygens (including phenoxy) is 1. The van der Waals surface area contributed by atoms with Gasteiger partial charge in [-0.15, -0.1) is 0 Å². The Morgan fingerprint density at radius 3 is 2.94 bits per heavy atom. The molecule has 1 amide bonds. The van der Waals surface area contributed by atoms with E-state index < -0.39 is 12.2 Å². The number of amides is 1. The van der Waals surface area contributed by atoms with Crippen LogP contribution in [0.25, 0.3) is 0 Å². The summed E-state index contributed by atoms with van der Waals surface area (Å²) in [7, 11) is 0. The number of benzene rings is 1. The second-order valence-corrected chi connectivity index (χ2v) is 4.41. The molecule has 3 N–H and O–H groups in total. The van der Waals surface area contributed by atoms with Crippen molar-refractivity contribution in [2.45, 2.75) is 12.2 Å². The van der Waals surface area contributed by atoms with E-state index in [1.54, 1.807) is 18.2 Å². The van der Waals surface area contributed by atoms with Gasteiger partial charge in [-0.25, -0.2) is 0 Å². The molecule has 6 heteroatoms. The quantitative estimate of drug-likeness (QED) is 0.722. The number of alkyl halides is 1. The highest BCUT2D eigenvalue weighted by Gasteiger charge is 2.21. The van der Waals surface area contributed by atoms with Gasteiger partial charge in [-0.1, -0.05) is 22.0 Å². The average Bonchev–Trinajstić information content (AvgIpc) is 2.36. The molecule has 0 aromatic heterocycles. The smallest absolute Gasteiger partial charge is 0.262 e. The van der Waals surface area contributed by atoms with E-state index >= 15 is 0 Å². The molecule has 2 atom stereocenters. The van der Waals surface area contributed by atoms with Gasteiger partial charge in [-0.2, -0.15) is 0 Å². The number of aliphatic hydroxyl groups is 2. The Morgan fingerprint density at radius 2 is 2.24 bits per heavy atom. The normalized spacial score (nSPS) is 17.7. The molecular formula is C11H12BrNO4. The Morgan fingerprint density at radius 1 is 1.47 bits per heavy atom. The Bertz CT molecular complexity index is 437. The van der Waals surface area contributed by atoms with Crippen LogP contribution in [0.15, 0.2) is 18.2 Å². The third-order valence-electron chi connectivity index (χ3n) is 2.50. The summed E-state index contributed by atoms with van der Waals surface area (Å²) in [5, 5.41) is 22.3. The molecule has 0 saturated carbocycles. The van der Waals surface area contributed by atoms with Crippen LogP contribution in [0.5, 0.6) is 5.75 Å². The third kappa shape index (κ3) is 2.59. The zero-order chi connectivity index (χ0) is 12.4. The molecule has 5 nitrogen and oxygen atoms in total. The molecule has 0 saturated heterocycles. The molecule has 92 valence electrons. The Kier molecular flexibility index (Phi) is 3.66. The first kappa shape index (κ1) is 12.3. The van der Waals surface area contributed by atoms with Crippen molar-refractivity contribution in [3.63, 3.8) is 0 Å². The monoisotopic (exact) mass is 301 g/mol. The zero-order valence-electron chi connectivity index (χ0n) is 8.89. The number of hydrogen-bond donors (Lipinski definition) is 3. The van der Waals surface area contributed by atoms with Gasteiger partial charge in [0.1, 0.15) is 11.9 Å². The van der Waals surface area contributed by atoms with Gasteiger partial charge in [0.05, 0.1) is 11.8 Å². The lowest BCUT2D eigenvalue weighted by Crippen LogP contribution is -2.26. The van der Waals surface area contributed by atoms with E-state index in [4.69, 9.17) is 4.74 Å². The molecule has 0 spiro atoms. The minimum Gasteiger partial charge on any atom is -0.482 e. The maximum absolute atomic E-state index is 11.1. The number of carbonyl (C=O) groups excluding carboxylic acids is 1. The first-order valence-electron chi connectivity index (χ1n) is 5.10. The van der Waals surface area contributed by atoms with Crippen molar-refractivity contribution in [3.05, 3.63) is 23.8 Å². The average molecular weight is 302 g/mol. The lowest BCUT2D eigenvalue weighted by Gasteiger charge is -2.21. The number of aliphatic hydroxyl groups excluding tert-OH is 2. The van der Waals surface area contributed by atoms with Crippen molar-refractivity contribution in [2.75, 3.05) is 17.3 Å². The zero-order valence-corrected chi connectivity index (χ0v) is 10.5. The van der Waals surface area contributed by atoms with E-state index in [0.29, 0.717) is 17.0 Å². The molecule has 1 heterocycles. The van der Waals surface area contributed by atoms with E-state index in [2.05, 4.69) is 21.2 Å². The highest BCUT2D eigenvalue weighted by atomic mass is 79.9. The van der Waals surface area contributed by atoms with Crippen molar-refractivity contribution < 1.29 is 19.7 Å². The van der Waals surface area contributed by atoms with Crippen molar-refractivity contribution >= 4 is 27.5 Å². The lowest BCUT2D eigenvalue weighted by molar-refractivity contribution is -0.118. The van der Waals surface area contributed by atoms with E-state index in [9.17, 15) is 15.0 Å². The Hall–Kier alpha value is -1.11. The van der Waals surface area contributed by atoms with Crippen LogP contribution in [0.4, 0.5) is 5.69 Å². The van der Waals surface area contributed by atoms with Crippen LogP contribution in [-0.4, -0.2) is 34.2 Å². The standard InChI is InChI=1S/C11H12BrNO4/c12-4-8(14)11(16)6-1-2-7-9(3-6)17-5-10(15)13-7/h1-3,8,11,14,16H,4-5H2,(H,13,15). The van der Waals surface area contributed by atoms with Gasteiger partial charge in [0.2, 0.25) is 0 Å². The molecule has 1 aliphatic heterocycles. The van der Waals surface area contributed by atoms with Crippen molar-refractivity contribution in [1.82, 2.24) is 0 Å². The van der Waals surface area contributed by atoms with E-state index in [0.717, 1.165) is 0 Å². The summed E-state index contributed by atoms with van der Waals surface area (Å²) >= 11 is 3.10. The molecule has 0 aliphatic carbocycles. The molecule has 1 aromatic rings. The lowest BCUT2D eigenvalue weighted by atomic mass is 10.0. The van der Waals surface area contributed by atoms with Gasteiger partial charge in [-0.05, 0) is 17.7 Å². The van der Waals surface area contributed by atoms with Crippen LogP contribution in [0.2, 0.25) is 0 Å². The van der Waals surface area contributed by atoms with Gasteiger partial charge in [-0.3, -0.25) is 4.79 Å². The van der Waals surface area contributed by atoms with Gasteiger partial charge in [0.25, 0.3) is 5.91 Å². The molecular weight excluding hydrogens is 290 g/mol. The predicted molar refractivity (Wildman–Crippen MR) is 65.3 cm³/mol. The van der Waals surface area contributed by atoms with Crippen LogP contribution in [0.3, 0.4) is 0 Å². The summed E-state index contributed by atoms with van der Waals surface area (Å²) < 4.78 is 5.22. The van der Waals surface area contributed by atoms with Gasteiger partial charge < -0.3 is 20.3 Å². The second kappa shape index (κ2) is 5.03. The number of halogens is 1. The Balaban J connectivity index is 2.24. The van der Waals surface area contributed by atoms with Crippen LogP contribution in [-0.2, 0) is 4.79 Å². The summed E-state index contributed by atoms with van der Waals surface area (Å²) in [6, 6.07) is 4.90. The molecule has 1 aromatic carbocycles. The maximum Gasteiger partial charge on any atom is 0.262 e. The van der Waals surface area contributed by atoms with Crippen LogP contribution in [0, 0.1) is 0 Å². The van der Waals surface area contributed by atoms with Gasteiger partial charge >= 0.3 is 0 Å². The molecule has 2 rings (SSSR count). The number of rotatable bonds is 3. The van der Waals surface area contributed by atoms with E-state index in [-0.39, 0.29) is 17.8 Å². The van der Waals surface area contributed by atoms with Crippen molar-refractivity contribution in [3.8, 4) is 5.75 Å². The fraction of sp³-hybridized carbons (Fsp3) is 0.364. The fourth-order valence-electron chi connectivity index (χ4n) is 1.58. The number of anilines is 1. The topological polar surface area (TPSA) is 78.8 Å². The highest BCUT2D eigenvalue weighted by Crippen LogP contribution is 2.31. The van der Waals surface area contributed by atoms with Crippen LogP contribution < -0.4 is 10.1 Å². The minimum absolute atomic E-state index is 0.0342. The summed E-state index contributed by atoms with van der Waals surface area (Å²) in [6.07, 6.45) is -1.87. The Labute approximate surface area is 107 Å². The summed E-state index contributed by atoms with van der Waals surface area (Å²) in [4.78, 5) is 11.1. The summed E-state index contributed by atoms with van der Waals surface area (Å²) in [5.41, 5.74) is 1.12. The predicted octanol–water partition coefficient (Wildman–Crippen LogP) is 0.807. The molecule has 0 bridgehead atoms. The summed E-state index contributed by atoms with van der Waals surface area (Å²) in [5.74, 6) is 0.300. The van der Waals surface area contributed by atoms with Crippen molar-refractivity contribution in [1.29, 1.82) is 0 Å². The van der Waals surface area contributed by atoms with Crippen LogP contribution in [0.1, 0.15) is 11.7 Å². The first-order valence-corrected chi connectivity index (χ1v) is 6.22. The van der Waals surface area contributed by atoms with Crippen LogP contribution >= 0.6 is 15.9 Å². The first-order chi connectivity index (χ1) is 8.11. The molecule has 0 radical (unpaired) electrons. The molecule has 2 unspecified atom stereocenters. The molecule has 0 fully saturated rings. The largest absolute Gasteiger partial charge is 0.482 e. The fourth-order valence-corrected chi connectivity index (χ4v) is 1.94. The second-order valence-electron chi connectivity index (χ2n) is 3.76. The van der Waals surface area contributed by atoms with Gasteiger partial charge in [0, 0.05) is 5.33 Å². The highest BCUT2D eigenvalue weighted by molar-refractivity contribution is 9.09. The third-order valence-corrected chi connectivity index (χ3v) is 3.17. The number of carbonyl (C=O) groups is 1. The van der Waals surface area contributed by atoms with E-state index in [1.165, 1.54) is 0 Å². The number of nitrogens with one attached hydrogen (secondary N) is 1. The minimum atomic E-state index is -0.985. The molecule has 17 heavy (non-hydrogen) atoms. The maximum atomic E-state index is 11.1. The number of hydrogen-bond acceptors (Lipinski definition) is 4. The van der Waals surface area contributed by atoms with E-state index in [1.807, 2.05) is 0 Å². The number of fused-ring (bicyclic) bond motifs is 1. The summed E-state index contributed by atoms with van der Waals surface area (Å²) in [6.45, 7) is -0.0342. The molecule has 1 aliphatic rings. The SMILES string of the molecule is O=C1COc2cc(C(O)C(O)CBr)ccc2N1. The van der Waals surface area contributed by atoms with Gasteiger partial charge in [0.15, 0.2) is 6.61 Å².